The van der Waals surface area contributed by atoms with Crippen LogP contribution in [0.5, 0.6) is 0 Å². The molecule has 0 aromatic heterocycles. The van der Waals surface area contributed by atoms with Gasteiger partial charge in [0.05, 0.1) is 17.7 Å². The van der Waals surface area contributed by atoms with Crippen LogP contribution in [0.3, 0.4) is 0 Å². The lowest BCUT2D eigenvalue weighted by Gasteiger charge is -2.38. The molecule has 1 aliphatic carbocycles. The van der Waals surface area contributed by atoms with Gasteiger partial charge in [0.1, 0.15) is 0 Å². The molecule has 1 aromatic rings. The third kappa shape index (κ3) is 3.74. The highest BCUT2D eigenvalue weighted by Crippen LogP contribution is 2.32. The van der Waals surface area contributed by atoms with E-state index in [4.69, 9.17) is 0 Å². The lowest BCUT2D eigenvalue weighted by Crippen LogP contribution is -2.53. The van der Waals surface area contributed by atoms with Crippen molar-refractivity contribution in [2.75, 3.05) is 6.61 Å². The van der Waals surface area contributed by atoms with Gasteiger partial charge in [-0.1, -0.05) is 6.92 Å². The molecule has 20 heavy (non-hydrogen) atoms. The van der Waals surface area contributed by atoms with Gasteiger partial charge in [-0.2, -0.15) is 0 Å². The summed E-state index contributed by atoms with van der Waals surface area (Å²) in [5.74, 6) is 0.565. The molecule has 1 aromatic carbocycles. The molecule has 110 valence electrons. The highest BCUT2D eigenvalue weighted by molar-refractivity contribution is 14.1. The summed E-state index contributed by atoms with van der Waals surface area (Å²) in [6.07, 6.45) is 3.79. The highest BCUT2D eigenvalue weighted by Gasteiger charge is 2.35. The molecule has 0 bridgehead atoms. The number of carbonyl (C=O) groups is 1. The van der Waals surface area contributed by atoms with Crippen LogP contribution in [0.4, 0.5) is 0 Å². The van der Waals surface area contributed by atoms with E-state index in [1.807, 2.05) is 18.2 Å². The van der Waals surface area contributed by atoms with Gasteiger partial charge in [-0.3, -0.25) is 4.79 Å². The Balaban J connectivity index is 2.15. The summed E-state index contributed by atoms with van der Waals surface area (Å²) in [4.78, 5) is 12.5. The first kappa shape index (κ1) is 16.2. The molecular weight excluding hydrogens is 433 g/mol. The van der Waals surface area contributed by atoms with Crippen molar-refractivity contribution in [1.29, 1.82) is 0 Å². The summed E-state index contributed by atoms with van der Waals surface area (Å²) < 4.78 is 1.80. The summed E-state index contributed by atoms with van der Waals surface area (Å²) >= 11 is 5.61. The number of benzene rings is 1. The van der Waals surface area contributed by atoms with E-state index in [9.17, 15) is 9.90 Å². The standard InChI is InChI=1S/C15H19BrINO2/c1-10-4-6-15(9-19,7-5-10)18-14(20)12-8-11(17)2-3-13(12)16/h2-3,8,10,19H,4-7,9H2,1H3,(H,18,20). The predicted octanol–water partition coefficient (Wildman–Crippen LogP) is 3.72. The molecule has 5 heteroatoms. The van der Waals surface area contributed by atoms with Crippen molar-refractivity contribution in [2.45, 2.75) is 38.1 Å². The summed E-state index contributed by atoms with van der Waals surface area (Å²) in [6.45, 7) is 2.23. The first-order chi connectivity index (χ1) is 9.46. The van der Waals surface area contributed by atoms with E-state index in [1.165, 1.54) is 0 Å². The first-order valence-corrected chi connectivity index (χ1v) is 8.71. The number of halogens is 2. The summed E-state index contributed by atoms with van der Waals surface area (Å²) in [5, 5.41) is 12.8. The van der Waals surface area contributed by atoms with Crippen molar-refractivity contribution < 1.29 is 9.90 Å². The average molecular weight is 452 g/mol. The lowest BCUT2D eigenvalue weighted by atomic mass is 9.77. The molecule has 0 heterocycles. The van der Waals surface area contributed by atoms with E-state index in [0.717, 1.165) is 33.7 Å². The monoisotopic (exact) mass is 451 g/mol. The molecular formula is C15H19BrINO2. The van der Waals surface area contributed by atoms with Crippen molar-refractivity contribution in [3.63, 3.8) is 0 Å². The van der Waals surface area contributed by atoms with Crippen molar-refractivity contribution in [2.24, 2.45) is 5.92 Å². The van der Waals surface area contributed by atoms with Crippen LogP contribution >= 0.6 is 38.5 Å². The van der Waals surface area contributed by atoms with Crippen LogP contribution < -0.4 is 5.32 Å². The van der Waals surface area contributed by atoms with Crippen molar-refractivity contribution in [3.05, 3.63) is 31.8 Å². The van der Waals surface area contributed by atoms with Crippen LogP contribution in [0.2, 0.25) is 0 Å². The fraction of sp³-hybridized carbons (Fsp3) is 0.533. The maximum absolute atomic E-state index is 12.5. The molecule has 0 unspecified atom stereocenters. The van der Waals surface area contributed by atoms with Gasteiger partial charge in [-0.25, -0.2) is 0 Å². The Morgan fingerprint density at radius 3 is 2.75 bits per heavy atom. The zero-order valence-corrected chi connectivity index (χ0v) is 15.2. The van der Waals surface area contributed by atoms with Crippen LogP contribution in [0.25, 0.3) is 0 Å². The molecule has 2 N–H and O–H groups in total. The first-order valence-electron chi connectivity index (χ1n) is 6.84. The van der Waals surface area contributed by atoms with Crippen LogP contribution in [-0.2, 0) is 0 Å². The van der Waals surface area contributed by atoms with E-state index >= 15 is 0 Å². The minimum atomic E-state index is -0.454. The number of rotatable bonds is 3. The SMILES string of the molecule is CC1CCC(CO)(NC(=O)c2cc(I)ccc2Br)CC1. The lowest BCUT2D eigenvalue weighted by molar-refractivity contribution is 0.0716. The molecule has 0 radical (unpaired) electrons. The minimum absolute atomic E-state index is 0.00695. The van der Waals surface area contributed by atoms with E-state index in [0.29, 0.717) is 11.5 Å². The maximum atomic E-state index is 12.5. The largest absolute Gasteiger partial charge is 0.394 e. The van der Waals surface area contributed by atoms with Gasteiger partial charge < -0.3 is 10.4 Å². The summed E-state index contributed by atoms with van der Waals surface area (Å²) in [5.41, 5.74) is 0.174. The minimum Gasteiger partial charge on any atom is -0.394 e. The molecule has 2 rings (SSSR count). The molecule has 1 aliphatic rings. The van der Waals surface area contributed by atoms with Crippen LogP contribution in [0.15, 0.2) is 22.7 Å². The van der Waals surface area contributed by atoms with Crippen LogP contribution in [0, 0.1) is 9.49 Å². The van der Waals surface area contributed by atoms with Crippen molar-refractivity contribution in [1.82, 2.24) is 5.32 Å². The number of nitrogens with one attached hydrogen (secondary N) is 1. The second kappa shape index (κ2) is 6.75. The third-order valence-corrected chi connectivity index (χ3v) is 5.45. The van der Waals surface area contributed by atoms with Gasteiger partial charge in [0.15, 0.2) is 0 Å². The molecule has 3 nitrogen and oxygen atoms in total. The topological polar surface area (TPSA) is 49.3 Å². The fourth-order valence-electron chi connectivity index (χ4n) is 2.62. The molecule has 1 saturated carbocycles. The Bertz CT molecular complexity index is 499. The van der Waals surface area contributed by atoms with Gasteiger partial charge in [0.25, 0.3) is 5.91 Å². The molecule has 1 amide bonds. The Labute approximate surface area is 141 Å². The Hall–Kier alpha value is -0.140. The molecule has 0 atom stereocenters. The zero-order valence-electron chi connectivity index (χ0n) is 11.5. The average Bonchev–Trinajstić information content (AvgIpc) is 2.44. The number of aliphatic hydroxyl groups excluding tert-OH is 1. The zero-order chi connectivity index (χ0) is 14.8. The maximum Gasteiger partial charge on any atom is 0.252 e. The van der Waals surface area contributed by atoms with Crippen LogP contribution in [0.1, 0.15) is 43.0 Å². The van der Waals surface area contributed by atoms with Crippen LogP contribution in [-0.4, -0.2) is 23.2 Å². The van der Waals surface area contributed by atoms with Crippen molar-refractivity contribution >= 4 is 44.4 Å². The van der Waals surface area contributed by atoms with E-state index in [1.54, 1.807) is 0 Å². The molecule has 0 saturated heterocycles. The third-order valence-electron chi connectivity index (χ3n) is 4.09. The number of hydrogen-bond acceptors (Lipinski definition) is 2. The summed E-state index contributed by atoms with van der Waals surface area (Å²) in [6, 6.07) is 5.69. The molecule has 0 spiro atoms. The highest BCUT2D eigenvalue weighted by atomic mass is 127. The summed E-state index contributed by atoms with van der Waals surface area (Å²) in [7, 11) is 0. The van der Waals surface area contributed by atoms with Gasteiger partial charge in [-0.15, -0.1) is 0 Å². The van der Waals surface area contributed by atoms with Gasteiger partial charge >= 0.3 is 0 Å². The fourth-order valence-corrected chi connectivity index (χ4v) is 3.53. The Kier molecular flexibility index (Phi) is 5.48. The smallest absolute Gasteiger partial charge is 0.252 e. The second-order valence-corrected chi connectivity index (χ2v) is 7.80. The number of carbonyl (C=O) groups excluding carboxylic acids is 1. The molecule has 1 fully saturated rings. The second-order valence-electron chi connectivity index (χ2n) is 5.70. The van der Waals surface area contributed by atoms with E-state index in [2.05, 4.69) is 50.8 Å². The Morgan fingerprint density at radius 2 is 2.15 bits per heavy atom. The van der Waals surface area contributed by atoms with Gasteiger partial charge in [0, 0.05) is 8.04 Å². The normalized spacial score (nSPS) is 26.3. The number of aliphatic hydroxyl groups is 1. The predicted molar refractivity (Wildman–Crippen MR) is 91.8 cm³/mol. The number of hydrogen-bond donors (Lipinski definition) is 2. The Morgan fingerprint density at radius 1 is 1.50 bits per heavy atom. The number of amides is 1. The quantitative estimate of drug-likeness (QED) is 0.688. The van der Waals surface area contributed by atoms with E-state index < -0.39 is 5.54 Å². The van der Waals surface area contributed by atoms with E-state index in [-0.39, 0.29) is 12.5 Å². The van der Waals surface area contributed by atoms with Crippen molar-refractivity contribution in [3.8, 4) is 0 Å². The van der Waals surface area contributed by atoms with Gasteiger partial charge in [-0.05, 0) is 88.3 Å². The molecule has 0 aliphatic heterocycles. The van der Waals surface area contributed by atoms with Gasteiger partial charge in [0.2, 0.25) is 0 Å².